The summed E-state index contributed by atoms with van der Waals surface area (Å²) in [5, 5.41) is 9.94. The van der Waals surface area contributed by atoms with Crippen LogP contribution >= 0.6 is 0 Å². The van der Waals surface area contributed by atoms with Crippen LogP contribution in [-0.4, -0.2) is 82.3 Å². The number of fused-ring (bicyclic) bond motifs is 1. The van der Waals surface area contributed by atoms with Crippen molar-refractivity contribution in [1.29, 1.82) is 5.26 Å². The van der Waals surface area contributed by atoms with Gasteiger partial charge in [-0.1, -0.05) is 6.42 Å². The van der Waals surface area contributed by atoms with Crippen LogP contribution in [0.1, 0.15) is 58.5 Å². The number of aromatic nitrogens is 1. The van der Waals surface area contributed by atoms with E-state index in [2.05, 4.69) is 11.0 Å². The van der Waals surface area contributed by atoms with E-state index in [0.29, 0.717) is 41.6 Å². The Balaban J connectivity index is 1.31. The van der Waals surface area contributed by atoms with E-state index in [1.807, 2.05) is 17.0 Å². The summed E-state index contributed by atoms with van der Waals surface area (Å²) in [6.45, 7) is 3.14. The second kappa shape index (κ2) is 10.1. The van der Waals surface area contributed by atoms with Crippen molar-refractivity contribution in [2.24, 2.45) is 0 Å². The molecule has 1 aromatic heterocycles. The number of benzene rings is 2. The predicted octanol–water partition coefficient (Wildman–Crippen LogP) is 4.68. The van der Waals surface area contributed by atoms with Gasteiger partial charge in [0.05, 0.1) is 17.1 Å². The first-order chi connectivity index (χ1) is 18.8. The van der Waals surface area contributed by atoms with Gasteiger partial charge in [-0.05, 0) is 61.4 Å². The minimum atomic E-state index is -2.75. The van der Waals surface area contributed by atoms with Gasteiger partial charge in [-0.25, -0.2) is 8.78 Å². The average Bonchev–Trinajstić information content (AvgIpc) is 3.30. The van der Waals surface area contributed by atoms with Gasteiger partial charge in [-0.3, -0.25) is 14.5 Å². The van der Waals surface area contributed by atoms with Crippen molar-refractivity contribution in [2.75, 3.05) is 39.3 Å². The summed E-state index contributed by atoms with van der Waals surface area (Å²) in [6, 6.07) is 16.8. The summed E-state index contributed by atoms with van der Waals surface area (Å²) >= 11 is 0. The quantitative estimate of drug-likeness (QED) is 0.490. The second-order valence-corrected chi connectivity index (χ2v) is 10.9. The minimum absolute atomic E-state index is 0.0166. The van der Waals surface area contributed by atoms with Crippen molar-refractivity contribution in [1.82, 2.24) is 19.3 Å². The molecule has 1 saturated carbocycles. The van der Waals surface area contributed by atoms with Crippen LogP contribution in [-0.2, 0) is 0 Å². The van der Waals surface area contributed by atoms with Crippen molar-refractivity contribution >= 4 is 22.7 Å². The molecule has 39 heavy (non-hydrogen) atoms. The lowest BCUT2D eigenvalue weighted by Crippen LogP contribution is -2.53. The molecule has 0 radical (unpaired) electrons. The summed E-state index contributed by atoms with van der Waals surface area (Å²) in [5.41, 5.74) is 2.82. The summed E-state index contributed by atoms with van der Waals surface area (Å²) in [4.78, 5) is 32.9. The van der Waals surface area contributed by atoms with E-state index in [1.165, 1.54) is 24.2 Å². The maximum atomic E-state index is 13.8. The maximum absolute atomic E-state index is 13.8. The Labute approximate surface area is 226 Å². The number of alkyl halides is 2. The van der Waals surface area contributed by atoms with Gasteiger partial charge in [0, 0.05) is 74.8 Å². The molecule has 2 aromatic carbocycles. The highest BCUT2D eigenvalue weighted by molar-refractivity contribution is 6.03. The van der Waals surface area contributed by atoms with Crippen LogP contribution in [0.25, 0.3) is 16.6 Å². The summed E-state index contributed by atoms with van der Waals surface area (Å²) in [7, 11) is 0. The monoisotopic (exact) mass is 531 g/mol. The Bertz CT molecular complexity index is 1440. The van der Waals surface area contributed by atoms with Crippen molar-refractivity contribution in [3.05, 3.63) is 65.4 Å². The number of nitriles is 1. The van der Waals surface area contributed by atoms with E-state index < -0.39 is 5.92 Å². The van der Waals surface area contributed by atoms with Gasteiger partial charge in [0.15, 0.2) is 0 Å². The zero-order valence-corrected chi connectivity index (χ0v) is 21.8. The molecule has 0 unspecified atom stereocenters. The number of carbonyl (C=O) groups is 2. The molecule has 3 aliphatic rings. The number of amides is 2. The first kappa shape index (κ1) is 25.5. The number of likely N-dealkylation sites (tertiary alicyclic amines) is 1. The number of rotatable bonds is 4. The van der Waals surface area contributed by atoms with E-state index >= 15 is 0 Å². The standard InChI is InChI=1S/C30H31F2N5O2/c31-30(32)10-12-35(13-11-30)29(39)27-19-23-18-22(28(38)36-16-14-34(15-17-36)24-2-1-3-24)6-9-26(23)37(27)25-7-4-21(20-33)5-8-25/h4-9,18-19,24H,1-3,10-17H2. The van der Waals surface area contributed by atoms with Crippen LogP contribution < -0.4 is 0 Å². The van der Waals surface area contributed by atoms with Crippen molar-refractivity contribution < 1.29 is 18.4 Å². The molecule has 6 rings (SSSR count). The molecule has 0 spiro atoms. The molecule has 3 fully saturated rings. The van der Waals surface area contributed by atoms with Crippen LogP contribution in [0, 0.1) is 11.3 Å². The first-order valence-electron chi connectivity index (χ1n) is 13.7. The van der Waals surface area contributed by atoms with Crippen LogP contribution in [0.3, 0.4) is 0 Å². The topological polar surface area (TPSA) is 72.6 Å². The molecule has 202 valence electrons. The molecule has 9 heteroatoms. The number of hydrogen-bond donors (Lipinski definition) is 0. The fourth-order valence-electron chi connectivity index (χ4n) is 5.89. The van der Waals surface area contributed by atoms with E-state index in [4.69, 9.17) is 0 Å². The highest BCUT2D eigenvalue weighted by Gasteiger charge is 2.37. The van der Waals surface area contributed by atoms with Gasteiger partial charge in [-0.2, -0.15) is 5.26 Å². The Morgan fingerprint density at radius 2 is 1.51 bits per heavy atom. The van der Waals surface area contributed by atoms with Gasteiger partial charge >= 0.3 is 0 Å². The molecular weight excluding hydrogens is 500 g/mol. The largest absolute Gasteiger partial charge is 0.337 e. The number of halogens is 2. The summed E-state index contributed by atoms with van der Waals surface area (Å²) in [5.74, 6) is -3.11. The fourth-order valence-corrected chi connectivity index (χ4v) is 5.89. The molecule has 1 aliphatic carbocycles. The molecule has 7 nitrogen and oxygen atoms in total. The molecule has 0 N–H and O–H groups in total. The van der Waals surface area contributed by atoms with Crippen molar-refractivity contribution in [3.63, 3.8) is 0 Å². The highest BCUT2D eigenvalue weighted by atomic mass is 19.3. The first-order valence-corrected chi connectivity index (χ1v) is 13.7. The summed E-state index contributed by atoms with van der Waals surface area (Å²) in [6.07, 6.45) is 3.08. The lowest BCUT2D eigenvalue weighted by molar-refractivity contribution is -0.0495. The van der Waals surface area contributed by atoms with E-state index in [1.54, 1.807) is 41.0 Å². The number of piperidine rings is 1. The third-order valence-electron chi connectivity index (χ3n) is 8.50. The predicted molar refractivity (Wildman–Crippen MR) is 143 cm³/mol. The molecule has 3 heterocycles. The number of nitrogens with zero attached hydrogens (tertiary/aromatic N) is 5. The van der Waals surface area contributed by atoms with Crippen LogP contribution in [0.2, 0.25) is 0 Å². The molecule has 2 amide bonds. The average molecular weight is 532 g/mol. The Hall–Kier alpha value is -3.77. The van der Waals surface area contributed by atoms with Crippen LogP contribution in [0.15, 0.2) is 48.5 Å². The number of piperazine rings is 1. The van der Waals surface area contributed by atoms with E-state index in [9.17, 15) is 23.6 Å². The third-order valence-corrected chi connectivity index (χ3v) is 8.50. The minimum Gasteiger partial charge on any atom is -0.337 e. The third kappa shape index (κ3) is 4.89. The molecule has 0 atom stereocenters. The van der Waals surface area contributed by atoms with Gasteiger partial charge < -0.3 is 14.4 Å². The van der Waals surface area contributed by atoms with Gasteiger partial charge in [0.1, 0.15) is 5.69 Å². The van der Waals surface area contributed by atoms with Crippen molar-refractivity contribution in [3.8, 4) is 11.8 Å². The Kier molecular flexibility index (Phi) is 6.59. The molecule has 2 aliphatic heterocycles. The van der Waals surface area contributed by atoms with Crippen LogP contribution in [0.5, 0.6) is 0 Å². The molecular formula is C30H31F2N5O2. The number of hydrogen-bond acceptors (Lipinski definition) is 4. The van der Waals surface area contributed by atoms with Gasteiger partial charge in [0.2, 0.25) is 0 Å². The smallest absolute Gasteiger partial charge is 0.270 e. The fraction of sp³-hybridized carbons (Fsp3) is 0.433. The normalized spacial score (nSPS) is 20.0. The maximum Gasteiger partial charge on any atom is 0.270 e. The summed E-state index contributed by atoms with van der Waals surface area (Å²) < 4.78 is 29.3. The Morgan fingerprint density at radius 3 is 2.13 bits per heavy atom. The zero-order valence-electron chi connectivity index (χ0n) is 21.8. The second-order valence-electron chi connectivity index (χ2n) is 10.9. The van der Waals surface area contributed by atoms with Gasteiger partial charge in [-0.15, -0.1) is 0 Å². The van der Waals surface area contributed by atoms with E-state index in [0.717, 1.165) is 24.0 Å². The Morgan fingerprint density at radius 1 is 0.846 bits per heavy atom. The zero-order chi connectivity index (χ0) is 27.1. The van der Waals surface area contributed by atoms with Crippen LogP contribution in [0.4, 0.5) is 8.78 Å². The molecule has 0 bridgehead atoms. The van der Waals surface area contributed by atoms with E-state index in [-0.39, 0.29) is 37.7 Å². The SMILES string of the molecule is N#Cc1ccc(-n2c(C(=O)N3CCC(F)(F)CC3)cc3cc(C(=O)N4CCN(C5CCC5)CC4)ccc32)cc1. The highest BCUT2D eigenvalue weighted by Crippen LogP contribution is 2.32. The van der Waals surface area contributed by atoms with Crippen molar-refractivity contribution in [2.45, 2.75) is 44.1 Å². The molecule has 3 aromatic rings. The molecule has 2 saturated heterocycles. The van der Waals surface area contributed by atoms with Gasteiger partial charge in [0.25, 0.3) is 17.7 Å². The lowest BCUT2D eigenvalue weighted by Gasteiger charge is -2.42. The lowest BCUT2D eigenvalue weighted by atomic mass is 9.91. The number of carbonyl (C=O) groups excluding carboxylic acids is 2.